The molecule has 0 aliphatic heterocycles. The Morgan fingerprint density at radius 1 is 1.03 bits per heavy atom. The number of nitrogens with zero attached hydrogens (tertiary/aromatic N) is 1. The maximum atomic E-state index is 12.1. The molecule has 2 N–H and O–H groups in total. The summed E-state index contributed by atoms with van der Waals surface area (Å²) in [7, 11) is 0. The van der Waals surface area contributed by atoms with E-state index in [4.69, 9.17) is 28.9 Å². The van der Waals surface area contributed by atoms with Gasteiger partial charge in [-0.1, -0.05) is 41.4 Å². The zero-order valence-corrected chi connectivity index (χ0v) is 18.0. The molecule has 5 rings (SSSR count). The third-order valence-electron chi connectivity index (χ3n) is 5.19. The van der Waals surface area contributed by atoms with Gasteiger partial charge in [0.2, 0.25) is 5.91 Å². The number of halogens is 2. The summed E-state index contributed by atoms with van der Waals surface area (Å²) in [4.78, 5) is 13.3. The number of rotatable bonds is 4. The predicted octanol–water partition coefficient (Wildman–Crippen LogP) is 6.78. The fourth-order valence-corrected chi connectivity index (χ4v) is 4.87. The van der Waals surface area contributed by atoms with E-state index >= 15 is 0 Å². The average Bonchev–Trinajstić information content (AvgIpc) is 3.38. The monoisotopic (exact) mass is 449 g/mol. The first-order valence-electron chi connectivity index (χ1n) is 9.27. The molecule has 147 valence electrons. The minimum atomic E-state index is -0.454. The van der Waals surface area contributed by atoms with E-state index in [9.17, 15) is 4.79 Å². The SMILES string of the molecule is NC(=O)c1cccc2c1c1[c]cc(-c3cccs3)cc1n2Cc1ccc(Cl)c(Cl)c1. The van der Waals surface area contributed by atoms with Crippen molar-refractivity contribution in [1.29, 1.82) is 0 Å². The summed E-state index contributed by atoms with van der Waals surface area (Å²) in [5.74, 6) is -0.454. The van der Waals surface area contributed by atoms with Crippen LogP contribution >= 0.6 is 34.5 Å². The van der Waals surface area contributed by atoms with E-state index in [1.165, 1.54) is 0 Å². The summed E-state index contributed by atoms with van der Waals surface area (Å²) in [5.41, 5.74) is 10.2. The van der Waals surface area contributed by atoms with Gasteiger partial charge in [-0.25, -0.2) is 0 Å². The van der Waals surface area contributed by atoms with Crippen molar-refractivity contribution < 1.29 is 4.79 Å². The molecule has 0 fully saturated rings. The third-order valence-corrected chi connectivity index (χ3v) is 6.85. The molecule has 1 radical (unpaired) electrons. The summed E-state index contributed by atoms with van der Waals surface area (Å²) in [5, 5.41) is 4.78. The second kappa shape index (κ2) is 7.47. The Labute approximate surface area is 187 Å². The summed E-state index contributed by atoms with van der Waals surface area (Å²) in [6.07, 6.45) is 0. The molecule has 0 atom stereocenters. The highest BCUT2D eigenvalue weighted by molar-refractivity contribution is 7.13. The van der Waals surface area contributed by atoms with Gasteiger partial charge in [-0.2, -0.15) is 0 Å². The predicted molar refractivity (Wildman–Crippen MR) is 126 cm³/mol. The Balaban J connectivity index is 1.80. The van der Waals surface area contributed by atoms with Gasteiger partial charge in [0.25, 0.3) is 0 Å². The zero-order chi connectivity index (χ0) is 20.8. The fraction of sp³-hybridized carbons (Fsp3) is 0.0417. The molecular formula is C24H15Cl2N2OS. The van der Waals surface area contributed by atoms with Crippen molar-refractivity contribution in [2.45, 2.75) is 6.54 Å². The Kier molecular flexibility index (Phi) is 4.78. The Bertz CT molecular complexity index is 1420. The molecule has 6 heteroatoms. The molecule has 3 aromatic carbocycles. The maximum absolute atomic E-state index is 12.1. The van der Waals surface area contributed by atoms with Crippen molar-refractivity contribution in [1.82, 2.24) is 4.57 Å². The topological polar surface area (TPSA) is 48.0 Å². The molecular weight excluding hydrogens is 435 g/mol. The van der Waals surface area contributed by atoms with Crippen molar-refractivity contribution in [3.63, 3.8) is 0 Å². The van der Waals surface area contributed by atoms with Gasteiger partial charge in [-0.3, -0.25) is 4.79 Å². The number of hydrogen-bond acceptors (Lipinski definition) is 2. The second-order valence-corrected chi connectivity index (χ2v) is 8.79. The van der Waals surface area contributed by atoms with Gasteiger partial charge >= 0.3 is 0 Å². The highest BCUT2D eigenvalue weighted by Gasteiger charge is 2.18. The number of fused-ring (bicyclic) bond motifs is 3. The van der Waals surface area contributed by atoms with E-state index in [2.05, 4.69) is 28.1 Å². The highest BCUT2D eigenvalue weighted by Crippen LogP contribution is 2.36. The van der Waals surface area contributed by atoms with Crippen LogP contribution in [-0.2, 0) is 6.54 Å². The number of thiophene rings is 1. The highest BCUT2D eigenvalue weighted by atomic mass is 35.5. The number of amides is 1. The number of primary amides is 1. The molecule has 2 aromatic heterocycles. The molecule has 1 amide bonds. The molecule has 0 aliphatic rings. The largest absolute Gasteiger partial charge is 0.366 e. The quantitative estimate of drug-likeness (QED) is 0.323. The van der Waals surface area contributed by atoms with E-state index in [0.717, 1.165) is 37.8 Å². The number of carbonyl (C=O) groups excluding carboxylic acids is 1. The van der Waals surface area contributed by atoms with E-state index in [0.29, 0.717) is 22.2 Å². The van der Waals surface area contributed by atoms with Gasteiger partial charge in [0.1, 0.15) is 0 Å². The minimum absolute atomic E-state index is 0.454. The second-order valence-electron chi connectivity index (χ2n) is 7.02. The average molecular weight is 450 g/mol. The Morgan fingerprint density at radius 3 is 2.63 bits per heavy atom. The summed E-state index contributed by atoms with van der Waals surface area (Å²) in [6.45, 7) is 0.570. The molecule has 2 heterocycles. The van der Waals surface area contributed by atoms with Crippen LogP contribution < -0.4 is 5.73 Å². The molecule has 0 saturated heterocycles. The number of nitrogens with two attached hydrogens (primary N) is 1. The van der Waals surface area contributed by atoms with Crippen molar-refractivity contribution in [2.24, 2.45) is 5.73 Å². The van der Waals surface area contributed by atoms with Crippen molar-refractivity contribution in [3.8, 4) is 10.4 Å². The molecule has 0 aliphatic carbocycles. The van der Waals surface area contributed by atoms with E-state index < -0.39 is 5.91 Å². The van der Waals surface area contributed by atoms with Crippen LogP contribution in [0.4, 0.5) is 0 Å². The molecule has 0 unspecified atom stereocenters. The molecule has 0 spiro atoms. The first-order valence-corrected chi connectivity index (χ1v) is 10.9. The van der Waals surface area contributed by atoms with E-state index in [-0.39, 0.29) is 0 Å². The lowest BCUT2D eigenvalue weighted by Crippen LogP contribution is -2.11. The molecule has 3 nitrogen and oxygen atoms in total. The van der Waals surface area contributed by atoms with Gasteiger partial charge < -0.3 is 10.3 Å². The summed E-state index contributed by atoms with van der Waals surface area (Å²) >= 11 is 14.0. The number of hydrogen-bond donors (Lipinski definition) is 1. The molecule has 0 bridgehead atoms. The Morgan fingerprint density at radius 2 is 1.90 bits per heavy atom. The van der Waals surface area contributed by atoms with Crippen molar-refractivity contribution >= 4 is 62.3 Å². The van der Waals surface area contributed by atoms with Gasteiger partial charge in [0.05, 0.1) is 21.1 Å². The third kappa shape index (κ3) is 3.18. The summed E-state index contributed by atoms with van der Waals surface area (Å²) < 4.78 is 2.17. The Hall–Kier alpha value is -2.79. The fourth-order valence-electron chi connectivity index (χ4n) is 3.84. The van der Waals surface area contributed by atoms with Gasteiger partial charge in [0.15, 0.2) is 0 Å². The molecule has 30 heavy (non-hydrogen) atoms. The van der Waals surface area contributed by atoms with Crippen LogP contribution in [0.2, 0.25) is 10.0 Å². The van der Waals surface area contributed by atoms with Gasteiger partial charge in [0, 0.05) is 27.8 Å². The molecule has 5 aromatic rings. The van der Waals surface area contributed by atoms with Crippen LogP contribution in [0.5, 0.6) is 0 Å². The van der Waals surface area contributed by atoms with Crippen LogP contribution in [0.25, 0.3) is 32.2 Å². The number of aromatic nitrogens is 1. The van der Waals surface area contributed by atoms with Crippen LogP contribution in [0.1, 0.15) is 15.9 Å². The smallest absolute Gasteiger partial charge is 0.249 e. The maximum Gasteiger partial charge on any atom is 0.249 e. The van der Waals surface area contributed by atoms with Crippen LogP contribution in [0.15, 0.2) is 66.0 Å². The minimum Gasteiger partial charge on any atom is -0.366 e. The molecule has 0 saturated carbocycles. The first kappa shape index (κ1) is 19.2. The zero-order valence-electron chi connectivity index (χ0n) is 15.7. The first-order chi connectivity index (χ1) is 14.5. The number of benzene rings is 3. The van der Waals surface area contributed by atoms with Crippen LogP contribution in [-0.4, -0.2) is 10.5 Å². The summed E-state index contributed by atoms with van der Waals surface area (Å²) in [6, 6.07) is 22.9. The normalized spacial score (nSPS) is 11.4. The van der Waals surface area contributed by atoms with Crippen LogP contribution in [0, 0.1) is 6.07 Å². The van der Waals surface area contributed by atoms with Gasteiger partial charge in [-0.05, 0) is 65.0 Å². The van der Waals surface area contributed by atoms with E-state index in [1.807, 2.05) is 36.4 Å². The lowest BCUT2D eigenvalue weighted by molar-refractivity contribution is 0.100. The number of carbonyl (C=O) groups is 1. The van der Waals surface area contributed by atoms with E-state index in [1.54, 1.807) is 23.5 Å². The lowest BCUT2D eigenvalue weighted by atomic mass is 10.0. The van der Waals surface area contributed by atoms with Gasteiger partial charge in [-0.15, -0.1) is 11.3 Å². The standard InChI is InChI=1S/C24H15Cl2N2OS/c25-18-9-6-14(11-19(18)26)13-28-20-4-1-3-17(24(27)29)23(20)16-8-7-15(12-21(16)28)22-5-2-10-30-22/h1-7,9-12H,13H2,(H2,27,29). The van der Waals surface area contributed by atoms with Crippen molar-refractivity contribution in [3.05, 3.63) is 93.3 Å². The van der Waals surface area contributed by atoms with Crippen LogP contribution in [0.3, 0.4) is 0 Å². The van der Waals surface area contributed by atoms with Crippen molar-refractivity contribution in [2.75, 3.05) is 0 Å². The lowest BCUT2D eigenvalue weighted by Gasteiger charge is -2.10.